The van der Waals surface area contributed by atoms with E-state index in [-0.39, 0.29) is 25.5 Å². The Kier molecular flexibility index (Phi) is 7.89. The second kappa shape index (κ2) is 11.1. The molecule has 4 rings (SSSR count). The number of anilines is 2. The molecule has 1 aliphatic heterocycles. The van der Waals surface area contributed by atoms with Gasteiger partial charge >= 0.3 is 0 Å². The first-order valence-electron chi connectivity index (χ1n) is 11.9. The van der Waals surface area contributed by atoms with Crippen molar-refractivity contribution in [1.29, 1.82) is 0 Å². The Hall–Kier alpha value is -3.45. The van der Waals surface area contributed by atoms with Crippen LogP contribution in [0.4, 0.5) is 11.4 Å². The van der Waals surface area contributed by atoms with Crippen LogP contribution in [0.2, 0.25) is 5.02 Å². The first-order valence-corrected chi connectivity index (χ1v) is 12.2. The van der Waals surface area contributed by atoms with E-state index in [4.69, 9.17) is 11.6 Å². The lowest BCUT2D eigenvalue weighted by molar-refractivity contribution is -0.138. The highest BCUT2D eigenvalue weighted by Crippen LogP contribution is 2.48. The number of amides is 2. The van der Waals surface area contributed by atoms with Crippen molar-refractivity contribution in [2.75, 3.05) is 18.1 Å². The van der Waals surface area contributed by atoms with Gasteiger partial charge in [0.05, 0.1) is 12.3 Å². The Bertz CT molecular complexity index is 1250. The van der Waals surface area contributed by atoms with Crippen LogP contribution in [-0.4, -0.2) is 40.1 Å². The number of fused-ring (bicyclic) bond motifs is 1. The first-order chi connectivity index (χ1) is 17.4. The third-order valence-corrected chi connectivity index (χ3v) is 6.70. The number of para-hydroxylation sites is 1. The number of benzene rings is 3. The van der Waals surface area contributed by atoms with E-state index in [1.807, 2.05) is 60.7 Å². The summed E-state index contributed by atoms with van der Waals surface area (Å²) in [6, 6.07) is 23.8. The summed E-state index contributed by atoms with van der Waals surface area (Å²) in [7, 11) is 0. The average molecular weight is 505 g/mol. The Morgan fingerprint density at radius 1 is 1.08 bits per heavy atom. The standard InChI is InChI=1S/C29H29ClN2O4/c1-21(9-8-14-27(34)31(17-18-33)20-22-10-4-2-5-11-22)29(36)25-19-23(30)15-16-26(25)32(28(29)35)24-12-6-3-7-13-24/h2-13,15-16,19,21,33,36H,14,17-18,20H2,1H3/b9-8+/t21-,29+/m0/s1. The third kappa shape index (κ3) is 5.07. The molecule has 1 aliphatic rings. The van der Waals surface area contributed by atoms with Crippen LogP contribution in [0.1, 0.15) is 24.5 Å². The number of rotatable bonds is 9. The molecule has 2 amide bonds. The molecule has 0 spiro atoms. The number of hydrogen-bond acceptors (Lipinski definition) is 4. The van der Waals surface area contributed by atoms with Crippen LogP contribution >= 0.6 is 11.6 Å². The fraction of sp³-hybridized carbons (Fsp3) is 0.241. The van der Waals surface area contributed by atoms with Gasteiger partial charge in [0.2, 0.25) is 5.91 Å². The lowest BCUT2D eigenvalue weighted by Gasteiger charge is -2.28. The van der Waals surface area contributed by atoms with Crippen molar-refractivity contribution in [2.45, 2.75) is 25.5 Å². The Balaban J connectivity index is 1.54. The van der Waals surface area contributed by atoms with E-state index in [9.17, 15) is 19.8 Å². The molecule has 0 aliphatic carbocycles. The molecule has 0 fully saturated rings. The van der Waals surface area contributed by atoms with E-state index in [0.717, 1.165) is 5.56 Å². The van der Waals surface area contributed by atoms with Crippen LogP contribution in [0, 0.1) is 5.92 Å². The molecule has 186 valence electrons. The van der Waals surface area contributed by atoms with Gasteiger partial charge in [-0.3, -0.25) is 14.5 Å². The van der Waals surface area contributed by atoms with Crippen LogP contribution < -0.4 is 4.90 Å². The van der Waals surface area contributed by atoms with Gasteiger partial charge in [-0.15, -0.1) is 0 Å². The van der Waals surface area contributed by atoms with Gasteiger partial charge in [0.1, 0.15) is 0 Å². The predicted octanol–water partition coefficient (Wildman–Crippen LogP) is 4.81. The molecule has 0 radical (unpaired) electrons. The number of carbonyl (C=O) groups excluding carboxylic acids is 2. The van der Waals surface area contributed by atoms with E-state index in [1.165, 1.54) is 4.90 Å². The van der Waals surface area contributed by atoms with E-state index in [1.54, 1.807) is 42.2 Å². The van der Waals surface area contributed by atoms with Crippen molar-refractivity contribution in [3.8, 4) is 0 Å². The average Bonchev–Trinajstić information content (AvgIpc) is 3.11. The van der Waals surface area contributed by atoms with Crippen LogP contribution in [0.15, 0.2) is 91.0 Å². The Morgan fingerprint density at radius 3 is 2.42 bits per heavy atom. The normalized spacial score (nSPS) is 17.9. The van der Waals surface area contributed by atoms with Crippen LogP contribution in [0.25, 0.3) is 0 Å². The minimum atomic E-state index is -1.84. The highest BCUT2D eigenvalue weighted by Gasteiger charge is 2.53. The molecule has 0 saturated carbocycles. The smallest absolute Gasteiger partial charge is 0.268 e. The molecule has 3 aromatic rings. The van der Waals surface area contributed by atoms with Crippen LogP contribution in [0.5, 0.6) is 0 Å². The minimum Gasteiger partial charge on any atom is -0.395 e. The monoisotopic (exact) mass is 504 g/mol. The summed E-state index contributed by atoms with van der Waals surface area (Å²) in [4.78, 5) is 29.6. The number of halogens is 1. The van der Waals surface area contributed by atoms with Gasteiger partial charge < -0.3 is 15.1 Å². The summed E-state index contributed by atoms with van der Waals surface area (Å²) in [5.41, 5.74) is 0.778. The molecular weight excluding hydrogens is 476 g/mol. The fourth-order valence-corrected chi connectivity index (χ4v) is 4.71. The highest BCUT2D eigenvalue weighted by molar-refractivity contribution is 6.31. The Labute approximate surface area is 216 Å². The lowest BCUT2D eigenvalue weighted by atomic mass is 9.83. The SMILES string of the molecule is C[C@@H](/C=C/CC(=O)N(CCO)Cc1ccccc1)[C@]1(O)C(=O)N(c2ccccc2)c2ccc(Cl)cc21. The maximum absolute atomic E-state index is 13.6. The number of aliphatic hydroxyl groups is 2. The summed E-state index contributed by atoms with van der Waals surface area (Å²) in [5, 5.41) is 21.6. The van der Waals surface area contributed by atoms with E-state index < -0.39 is 17.4 Å². The quantitative estimate of drug-likeness (QED) is 0.410. The molecule has 0 bridgehead atoms. The molecule has 7 heteroatoms. The van der Waals surface area contributed by atoms with Crippen molar-refractivity contribution in [3.63, 3.8) is 0 Å². The zero-order valence-electron chi connectivity index (χ0n) is 20.0. The summed E-state index contributed by atoms with van der Waals surface area (Å²) in [6.45, 7) is 2.22. The molecule has 3 aromatic carbocycles. The third-order valence-electron chi connectivity index (χ3n) is 6.47. The van der Waals surface area contributed by atoms with Gasteiger partial charge in [-0.25, -0.2) is 0 Å². The highest BCUT2D eigenvalue weighted by atomic mass is 35.5. The van der Waals surface area contributed by atoms with Crippen molar-refractivity contribution in [1.82, 2.24) is 4.90 Å². The summed E-state index contributed by atoms with van der Waals surface area (Å²) in [6.07, 6.45) is 3.43. The summed E-state index contributed by atoms with van der Waals surface area (Å²) in [5.74, 6) is -1.26. The molecule has 0 saturated heterocycles. The van der Waals surface area contributed by atoms with Crippen molar-refractivity contribution >= 4 is 34.8 Å². The molecule has 0 unspecified atom stereocenters. The predicted molar refractivity (Wildman–Crippen MR) is 141 cm³/mol. The summed E-state index contributed by atoms with van der Waals surface area (Å²) < 4.78 is 0. The van der Waals surface area contributed by atoms with Gasteiger partial charge in [0.15, 0.2) is 5.60 Å². The molecule has 1 heterocycles. The zero-order chi connectivity index (χ0) is 25.7. The van der Waals surface area contributed by atoms with Gasteiger partial charge in [0.25, 0.3) is 5.91 Å². The second-order valence-corrected chi connectivity index (χ2v) is 9.29. The maximum atomic E-state index is 13.6. The topological polar surface area (TPSA) is 81.1 Å². The van der Waals surface area contributed by atoms with Crippen molar-refractivity contribution in [2.24, 2.45) is 5.92 Å². The van der Waals surface area contributed by atoms with Crippen LogP contribution in [-0.2, 0) is 21.7 Å². The van der Waals surface area contributed by atoms with E-state index >= 15 is 0 Å². The number of nitrogens with zero attached hydrogens (tertiary/aromatic N) is 2. The largest absolute Gasteiger partial charge is 0.395 e. The number of hydrogen-bond donors (Lipinski definition) is 2. The zero-order valence-corrected chi connectivity index (χ0v) is 20.8. The molecule has 36 heavy (non-hydrogen) atoms. The molecule has 6 nitrogen and oxygen atoms in total. The number of carbonyl (C=O) groups is 2. The second-order valence-electron chi connectivity index (χ2n) is 8.85. The maximum Gasteiger partial charge on any atom is 0.268 e. The van der Waals surface area contributed by atoms with E-state index in [0.29, 0.717) is 28.5 Å². The molecular formula is C29H29ClN2O4. The molecule has 2 atom stereocenters. The van der Waals surface area contributed by atoms with Gasteiger partial charge in [-0.1, -0.05) is 79.2 Å². The first kappa shape index (κ1) is 25.6. The summed E-state index contributed by atoms with van der Waals surface area (Å²) >= 11 is 6.24. The van der Waals surface area contributed by atoms with Gasteiger partial charge in [0, 0.05) is 41.7 Å². The Morgan fingerprint density at radius 2 is 1.75 bits per heavy atom. The lowest BCUT2D eigenvalue weighted by Crippen LogP contribution is -2.42. The number of aliphatic hydroxyl groups excluding tert-OH is 1. The fourth-order valence-electron chi connectivity index (χ4n) is 4.53. The van der Waals surface area contributed by atoms with Gasteiger partial charge in [-0.05, 0) is 35.9 Å². The minimum absolute atomic E-state index is 0.0756. The molecule has 2 N–H and O–H groups in total. The van der Waals surface area contributed by atoms with Crippen molar-refractivity contribution < 1.29 is 19.8 Å². The van der Waals surface area contributed by atoms with E-state index in [2.05, 4.69) is 0 Å². The van der Waals surface area contributed by atoms with Crippen LogP contribution in [0.3, 0.4) is 0 Å². The van der Waals surface area contributed by atoms with Gasteiger partial charge in [-0.2, -0.15) is 0 Å². The molecule has 0 aromatic heterocycles. The van der Waals surface area contributed by atoms with Crippen molar-refractivity contribution in [3.05, 3.63) is 107 Å².